The summed E-state index contributed by atoms with van der Waals surface area (Å²) >= 11 is 0. The molecule has 1 saturated heterocycles. The van der Waals surface area contributed by atoms with Crippen molar-refractivity contribution < 1.29 is 9.18 Å². The second-order valence-corrected chi connectivity index (χ2v) is 7.16. The molecule has 3 N–H and O–H groups in total. The van der Waals surface area contributed by atoms with Crippen LogP contribution < -0.4 is 10.6 Å². The van der Waals surface area contributed by atoms with Gasteiger partial charge in [0.05, 0.1) is 6.20 Å². The van der Waals surface area contributed by atoms with Crippen LogP contribution in [0.5, 0.6) is 0 Å². The van der Waals surface area contributed by atoms with Crippen molar-refractivity contribution in [2.45, 2.75) is 19.8 Å². The molecule has 1 unspecified atom stereocenters. The summed E-state index contributed by atoms with van der Waals surface area (Å²) in [5.41, 5.74) is 1.51. The lowest BCUT2D eigenvalue weighted by atomic mass is 9.98. The van der Waals surface area contributed by atoms with E-state index in [0.29, 0.717) is 25.5 Å². The molecule has 0 saturated carbocycles. The SMILES string of the molecule is CCNC(=O)N1CCCC(CNc2nc(-c3c[nH]c4ncccc34)ncc2F)C1. The maximum absolute atomic E-state index is 14.3. The third-order valence-corrected chi connectivity index (χ3v) is 5.13. The number of halogens is 1. The number of carbonyl (C=O) groups excluding carboxylic acids is 1. The largest absolute Gasteiger partial charge is 0.367 e. The van der Waals surface area contributed by atoms with Crippen LogP contribution in [0.3, 0.4) is 0 Å². The lowest BCUT2D eigenvalue weighted by Crippen LogP contribution is -2.46. The summed E-state index contributed by atoms with van der Waals surface area (Å²) in [5, 5.41) is 6.83. The monoisotopic (exact) mass is 397 g/mol. The van der Waals surface area contributed by atoms with Crippen molar-refractivity contribution in [2.24, 2.45) is 5.92 Å². The van der Waals surface area contributed by atoms with Crippen LogP contribution in [0.25, 0.3) is 22.4 Å². The number of rotatable bonds is 5. The molecule has 0 bridgehead atoms. The first kappa shape index (κ1) is 19.1. The highest BCUT2D eigenvalue weighted by atomic mass is 19.1. The zero-order valence-electron chi connectivity index (χ0n) is 16.3. The van der Waals surface area contributed by atoms with E-state index in [-0.39, 0.29) is 17.8 Å². The number of aromatic amines is 1. The van der Waals surface area contributed by atoms with Gasteiger partial charge in [0.2, 0.25) is 0 Å². The predicted molar refractivity (Wildman–Crippen MR) is 109 cm³/mol. The molecular formula is C20H24FN7O. The van der Waals surface area contributed by atoms with Gasteiger partial charge in [0.1, 0.15) is 5.65 Å². The molecule has 8 nitrogen and oxygen atoms in total. The number of H-pyrrole nitrogens is 1. The first-order chi connectivity index (χ1) is 14.2. The summed E-state index contributed by atoms with van der Waals surface area (Å²) in [6.07, 6.45) is 6.58. The topological polar surface area (TPSA) is 98.8 Å². The number of amides is 2. The fourth-order valence-corrected chi connectivity index (χ4v) is 3.68. The Morgan fingerprint density at radius 3 is 3.17 bits per heavy atom. The Hall–Kier alpha value is -3.23. The minimum atomic E-state index is -0.497. The number of aromatic nitrogens is 4. The summed E-state index contributed by atoms with van der Waals surface area (Å²) < 4.78 is 14.3. The molecule has 1 aliphatic rings. The van der Waals surface area contributed by atoms with E-state index >= 15 is 0 Å². The number of fused-ring (bicyclic) bond motifs is 1. The molecular weight excluding hydrogens is 373 g/mol. The molecule has 0 aromatic carbocycles. The molecule has 0 spiro atoms. The fraction of sp³-hybridized carbons (Fsp3) is 0.400. The lowest BCUT2D eigenvalue weighted by molar-refractivity contribution is 0.169. The number of anilines is 1. The third kappa shape index (κ3) is 4.13. The fourth-order valence-electron chi connectivity index (χ4n) is 3.68. The average molecular weight is 397 g/mol. The molecule has 3 aromatic rings. The molecule has 3 aromatic heterocycles. The Morgan fingerprint density at radius 1 is 1.41 bits per heavy atom. The minimum absolute atomic E-state index is 0.0411. The molecule has 0 radical (unpaired) electrons. The predicted octanol–water partition coefficient (Wildman–Crippen LogP) is 3.01. The first-order valence-corrected chi connectivity index (χ1v) is 9.87. The Bertz CT molecular complexity index is 1010. The average Bonchev–Trinajstić information content (AvgIpc) is 3.18. The summed E-state index contributed by atoms with van der Waals surface area (Å²) in [6, 6.07) is 3.72. The number of nitrogens with zero attached hydrogens (tertiary/aromatic N) is 4. The minimum Gasteiger partial charge on any atom is -0.367 e. The highest BCUT2D eigenvalue weighted by molar-refractivity contribution is 5.91. The van der Waals surface area contributed by atoms with E-state index in [9.17, 15) is 9.18 Å². The smallest absolute Gasteiger partial charge is 0.317 e. The lowest BCUT2D eigenvalue weighted by Gasteiger charge is -2.32. The van der Waals surface area contributed by atoms with Gasteiger partial charge in [-0.3, -0.25) is 0 Å². The number of carbonyl (C=O) groups is 1. The maximum Gasteiger partial charge on any atom is 0.317 e. The van der Waals surface area contributed by atoms with Crippen molar-refractivity contribution in [2.75, 3.05) is 31.5 Å². The van der Waals surface area contributed by atoms with Gasteiger partial charge in [-0.15, -0.1) is 0 Å². The van der Waals surface area contributed by atoms with Crippen LogP contribution in [-0.2, 0) is 0 Å². The van der Waals surface area contributed by atoms with Crippen LogP contribution in [0.1, 0.15) is 19.8 Å². The first-order valence-electron chi connectivity index (χ1n) is 9.87. The standard InChI is InChI=1S/C20H24FN7O/c1-2-22-20(29)28-8-4-5-13(12-28)9-24-19-16(21)11-26-18(27-19)15-10-25-17-14(15)6-3-7-23-17/h3,6-7,10-11,13H,2,4-5,8-9,12H2,1H3,(H,22,29)(H,23,25)(H,24,26,27). The number of pyridine rings is 1. The molecule has 2 amide bonds. The molecule has 1 fully saturated rings. The van der Waals surface area contributed by atoms with E-state index in [1.165, 1.54) is 6.20 Å². The Labute approximate surface area is 168 Å². The van der Waals surface area contributed by atoms with Gasteiger partial charge in [-0.25, -0.2) is 24.1 Å². The zero-order valence-corrected chi connectivity index (χ0v) is 16.3. The van der Waals surface area contributed by atoms with E-state index in [4.69, 9.17) is 0 Å². The van der Waals surface area contributed by atoms with Gasteiger partial charge >= 0.3 is 6.03 Å². The Balaban J connectivity index is 1.47. The van der Waals surface area contributed by atoms with Crippen LogP contribution in [-0.4, -0.2) is 57.0 Å². The van der Waals surface area contributed by atoms with Crippen molar-refractivity contribution in [3.8, 4) is 11.4 Å². The number of likely N-dealkylation sites (tertiary alicyclic amines) is 1. The Morgan fingerprint density at radius 2 is 2.31 bits per heavy atom. The molecule has 1 aliphatic heterocycles. The van der Waals surface area contributed by atoms with Crippen LogP contribution in [0, 0.1) is 11.7 Å². The molecule has 9 heteroatoms. The summed E-state index contributed by atoms with van der Waals surface area (Å²) in [6.45, 7) is 4.45. The quantitative estimate of drug-likeness (QED) is 0.615. The van der Waals surface area contributed by atoms with Crippen LogP contribution in [0.2, 0.25) is 0 Å². The maximum atomic E-state index is 14.3. The van der Waals surface area contributed by atoms with Gasteiger partial charge in [0.25, 0.3) is 0 Å². The molecule has 4 rings (SSSR count). The second-order valence-electron chi connectivity index (χ2n) is 7.16. The number of urea groups is 1. The summed E-state index contributed by atoms with van der Waals surface area (Å²) in [7, 11) is 0. The zero-order chi connectivity index (χ0) is 20.2. The van der Waals surface area contributed by atoms with Gasteiger partial charge in [-0.05, 0) is 37.8 Å². The van der Waals surface area contributed by atoms with Gasteiger partial charge in [0, 0.05) is 49.5 Å². The van der Waals surface area contributed by atoms with Crippen LogP contribution in [0.4, 0.5) is 15.0 Å². The van der Waals surface area contributed by atoms with E-state index in [2.05, 4.69) is 30.6 Å². The number of hydrogen-bond acceptors (Lipinski definition) is 5. The van der Waals surface area contributed by atoms with E-state index < -0.39 is 5.82 Å². The van der Waals surface area contributed by atoms with Crippen molar-refractivity contribution >= 4 is 22.9 Å². The van der Waals surface area contributed by atoms with Gasteiger partial charge in [0.15, 0.2) is 17.5 Å². The molecule has 0 aliphatic carbocycles. The van der Waals surface area contributed by atoms with Gasteiger partial charge in [-0.1, -0.05) is 0 Å². The molecule has 152 valence electrons. The molecule has 1 atom stereocenters. The number of hydrogen-bond donors (Lipinski definition) is 3. The summed E-state index contributed by atoms with van der Waals surface area (Å²) in [4.78, 5) is 29.8. The van der Waals surface area contributed by atoms with Crippen molar-refractivity contribution in [1.82, 2.24) is 30.2 Å². The highest BCUT2D eigenvalue weighted by Gasteiger charge is 2.23. The second kappa shape index (κ2) is 8.42. The van der Waals surface area contributed by atoms with E-state index in [1.807, 2.05) is 24.0 Å². The summed E-state index contributed by atoms with van der Waals surface area (Å²) in [5.74, 6) is 0.341. The van der Waals surface area contributed by atoms with Crippen molar-refractivity contribution in [3.05, 3.63) is 36.5 Å². The van der Waals surface area contributed by atoms with Crippen LogP contribution in [0.15, 0.2) is 30.7 Å². The molecule has 4 heterocycles. The third-order valence-electron chi connectivity index (χ3n) is 5.13. The number of nitrogens with one attached hydrogen (secondary N) is 3. The van der Waals surface area contributed by atoms with Gasteiger partial charge < -0.3 is 20.5 Å². The van der Waals surface area contributed by atoms with Crippen LogP contribution >= 0.6 is 0 Å². The number of piperidine rings is 1. The molecule has 29 heavy (non-hydrogen) atoms. The normalized spacial score (nSPS) is 16.8. The van der Waals surface area contributed by atoms with E-state index in [0.717, 1.165) is 36.0 Å². The Kier molecular flexibility index (Phi) is 5.55. The van der Waals surface area contributed by atoms with Gasteiger partial charge in [-0.2, -0.15) is 0 Å². The van der Waals surface area contributed by atoms with Crippen molar-refractivity contribution in [3.63, 3.8) is 0 Å². The highest BCUT2D eigenvalue weighted by Crippen LogP contribution is 2.26. The van der Waals surface area contributed by atoms with Crippen molar-refractivity contribution in [1.29, 1.82) is 0 Å². The van der Waals surface area contributed by atoms with E-state index in [1.54, 1.807) is 12.4 Å².